The lowest BCUT2D eigenvalue weighted by atomic mass is 10.3. The quantitative estimate of drug-likeness (QED) is 0.814. The minimum atomic E-state index is -0.272. The van der Waals surface area contributed by atoms with Gasteiger partial charge in [0.25, 0.3) is 0 Å². The number of alkyl halides is 1. The topological polar surface area (TPSA) is 29.0 Å². The smallest absolute Gasteiger partial charge is 0.229 e. The van der Waals surface area contributed by atoms with Gasteiger partial charge in [-0.3, -0.25) is 0 Å². The Morgan fingerprint density at radius 2 is 2.00 bits per heavy atom. The molecule has 3 nitrogen and oxygen atoms in total. The highest BCUT2D eigenvalue weighted by Gasteiger charge is 2.07. The zero-order valence-corrected chi connectivity index (χ0v) is 10.9. The third-order valence-corrected chi connectivity index (χ3v) is 2.99. The molecule has 0 fully saturated rings. The van der Waals surface area contributed by atoms with Gasteiger partial charge in [0, 0.05) is 30.5 Å². The highest BCUT2D eigenvalue weighted by Crippen LogP contribution is 2.20. The van der Waals surface area contributed by atoms with Crippen molar-refractivity contribution in [2.24, 2.45) is 0 Å². The maximum Gasteiger partial charge on any atom is 0.229 e. The number of aromatic nitrogens is 2. The first-order valence-corrected chi connectivity index (χ1v) is 6.19. The first-order valence-electron chi connectivity index (χ1n) is 5.07. The van der Waals surface area contributed by atoms with Crippen LogP contribution in [0.4, 0.5) is 16.0 Å². The van der Waals surface area contributed by atoms with Crippen molar-refractivity contribution in [3.63, 3.8) is 0 Å². The van der Waals surface area contributed by atoms with Gasteiger partial charge in [0.05, 0.1) is 0 Å². The summed E-state index contributed by atoms with van der Waals surface area (Å²) < 4.78 is 13.1. The molecular formula is C12H11BrFN3. The molecule has 0 N–H and O–H groups in total. The zero-order chi connectivity index (χ0) is 12.3. The number of halogens is 2. The molecule has 5 heteroatoms. The highest BCUT2D eigenvalue weighted by molar-refractivity contribution is 9.08. The monoisotopic (exact) mass is 295 g/mol. The predicted octanol–water partition coefficient (Wildman–Crippen LogP) is 3.28. The molecule has 0 spiro atoms. The molecule has 0 saturated carbocycles. The van der Waals surface area contributed by atoms with E-state index >= 15 is 0 Å². The van der Waals surface area contributed by atoms with Crippen LogP contribution >= 0.6 is 15.9 Å². The van der Waals surface area contributed by atoms with Crippen molar-refractivity contribution in [1.82, 2.24) is 9.97 Å². The molecule has 0 aliphatic heterocycles. The van der Waals surface area contributed by atoms with Crippen molar-refractivity contribution in [2.45, 2.75) is 5.33 Å². The molecule has 17 heavy (non-hydrogen) atoms. The molecule has 88 valence electrons. The summed E-state index contributed by atoms with van der Waals surface area (Å²) in [4.78, 5) is 10.2. The fourth-order valence-corrected chi connectivity index (χ4v) is 1.68. The molecule has 0 unspecified atom stereocenters. The Balaban J connectivity index is 2.27. The third kappa shape index (κ3) is 2.79. The summed E-state index contributed by atoms with van der Waals surface area (Å²) in [5, 5.41) is 0.719. The van der Waals surface area contributed by atoms with Crippen molar-refractivity contribution in [2.75, 3.05) is 11.9 Å². The lowest BCUT2D eigenvalue weighted by molar-refractivity contribution is 0.628. The average Bonchev–Trinajstić information content (AvgIpc) is 2.38. The molecule has 0 amide bonds. The van der Waals surface area contributed by atoms with E-state index in [4.69, 9.17) is 0 Å². The van der Waals surface area contributed by atoms with Gasteiger partial charge in [0.1, 0.15) is 5.82 Å². The molecule has 0 atom stereocenters. The largest absolute Gasteiger partial charge is 0.314 e. The minimum absolute atomic E-state index is 0.272. The van der Waals surface area contributed by atoms with E-state index in [1.807, 2.05) is 6.07 Å². The van der Waals surface area contributed by atoms with E-state index < -0.39 is 0 Å². The third-order valence-electron chi connectivity index (χ3n) is 2.34. The summed E-state index contributed by atoms with van der Waals surface area (Å²) in [5.74, 6) is 0.270. The fourth-order valence-electron chi connectivity index (χ4n) is 1.39. The molecule has 2 aromatic rings. The summed E-state index contributed by atoms with van der Waals surface area (Å²) >= 11 is 3.33. The van der Waals surface area contributed by atoms with Gasteiger partial charge in [0.15, 0.2) is 0 Å². The lowest BCUT2D eigenvalue weighted by Gasteiger charge is -2.16. The number of hydrogen-bond acceptors (Lipinski definition) is 3. The molecule has 2 rings (SSSR count). The SMILES string of the molecule is CN(c1cccc(F)c1)c1ncc(CBr)cn1. The van der Waals surface area contributed by atoms with Crippen LogP contribution in [0.3, 0.4) is 0 Å². The second-order valence-corrected chi connectivity index (χ2v) is 4.12. The van der Waals surface area contributed by atoms with E-state index in [0.717, 1.165) is 16.6 Å². The Morgan fingerprint density at radius 3 is 2.59 bits per heavy atom. The zero-order valence-electron chi connectivity index (χ0n) is 9.27. The van der Waals surface area contributed by atoms with E-state index in [1.54, 1.807) is 30.4 Å². The van der Waals surface area contributed by atoms with Crippen LogP contribution in [-0.4, -0.2) is 17.0 Å². The summed E-state index contributed by atoms with van der Waals surface area (Å²) in [5.41, 5.74) is 1.72. The molecule has 1 aromatic carbocycles. The van der Waals surface area contributed by atoms with Crippen molar-refractivity contribution < 1.29 is 4.39 Å². The van der Waals surface area contributed by atoms with Crippen molar-refractivity contribution in [3.8, 4) is 0 Å². The number of nitrogens with zero attached hydrogens (tertiary/aromatic N) is 3. The second kappa shape index (κ2) is 5.23. The van der Waals surface area contributed by atoms with Gasteiger partial charge in [0.2, 0.25) is 5.95 Å². The van der Waals surface area contributed by atoms with Crippen LogP contribution < -0.4 is 4.90 Å². The predicted molar refractivity (Wildman–Crippen MR) is 69.1 cm³/mol. The molecule has 0 bridgehead atoms. The van der Waals surface area contributed by atoms with Gasteiger partial charge in [-0.2, -0.15) is 0 Å². The molecular weight excluding hydrogens is 285 g/mol. The standard InChI is InChI=1S/C12H11BrFN3/c1-17(11-4-2-3-10(14)5-11)12-15-7-9(6-13)8-16-12/h2-5,7-8H,6H2,1H3. The Morgan fingerprint density at radius 1 is 1.29 bits per heavy atom. The molecule has 1 aromatic heterocycles. The Bertz CT molecular complexity index is 501. The van der Waals surface area contributed by atoms with E-state index in [2.05, 4.69) is 25.9 Å². The average molecular weight is 296 g/mol. The second-order valence-electron chi connectivity index (χ2n) is 3.56. The fraction of sp³-hybridized carbons (Fsp3) is 0.167. The molecule has 0 aliphatic carbocycles. The van der Waals surface area contributed by atoms with E-state index in [0.29, 0.717) is 5.95 Å². The van der Waals surface area contributed by atoms with Gasteiger partial charge >= 0.3 is 0 Å². The summed E-state index contributed by atoms with van der Waals surface area (Å²) in [6, 6.07) is 6.33. The normalized spacial score (nSPS) is 10.3. The van der Waals surface area contributed by atoms with Crippen molar-refractivity contribution >= 4 is 27.6 Å². The van der Waals surface area contributed by atoms with Crippen LogP contribution in [0.1, 0.15) is 5.56 Å². The first kappa shape index (κ1) is 12.0. The minimum Gasteiger partial charge on any atom is -0.314 e. The van der Waals surface area contributed by atoms with Crippen LogP contribution in [0, 0.1) is 5.82 Å². The molecule has 1 heterocycles. The Hall–Kier alpha value is -1.49. The maximum atomic E-state index is 13.1. The lowest BCUT2D eigenvalue weighted by Crippen LogP contribution is -2.13. The van der Waals surface area contributed by atoms with Crippen molar-refractivity contribution in [3.05, 3.63) is 48.0 Å². The number of benzene rings is 1. The number of anilines is 2. The maximum absolute atomic E-state index is 13.1. The van der Waals surface area contributed by atoms with Crippen LogP contribution in [-0.2, 0) is 5.33 Å². The van der Waals surface area contributed by atoms with Gasteiger partial charge in [-0.1, -0.05) is 22.0 Å². The van der Waals surface area contributed by atoms with Crippen LogP contribution in [0.15, 0.2) is 36.7 Å². The van der Waals surface area contributed by atoms with Crippen LogP contribution in [0.5, 0.6) is 0 Å². The summed E-state index contributed by atoms with van der Waals surface area (Å²) in [6.45, 7) is 0. The van der Waals surface area contributed by atoms with E-state index in [1.165, 1.54) is 12.1 Å². The van der Waals surface area contributed by atoms with Gasteiger partial charge in [-0.25, -0.2) is 14.4 Å². The van der Waals surface area contributed by atoms with Crippen LogP contribution in [0.25, 0.3) is 0 Å². The molecule has 0 radical (unpaired) electrons. The van der Waals surface area contributed by atoms with E-state index in [9.17, 15) is 4.39 Å². The Kier molecular flexibility index (Phi) is 3.68. The molecule has 0 saturated heterocycles. The Labute approximate surface area is 107 Å². The van der Waals surface area contributed by atoms with Gasteiger partial charge in [-0.05, 0) is 23.8 Å². The highest BCUT2D eigenvalue weighted by atomic mass is 79.9. The summed E-state index contributed by atoms with van der Waals surface area (Å²) in [7, 11) is 1.80. The van der Waals surface area contributed by atoms with Gasteiger partial charge in [-0.15, -0.1) is 0 Å². The number of hydrogen-bond donors (Lipinski definition) is 0. The first-order chi connectivity index (χ1) is 8.20. The van der Waals surface area contributed by atoms with Crippen LogP contribution in [0.2, 0.25) is 0 Å². The van der Waals surface area contributed by atoms with E-state index in [-0.39, 0.29) is 5.82 Å². The number of rotatable bonds is 3. The van der Waals surface area contributed by atoms with Gasteiger partial charge < -0.3 is 4.90 Å². The summed E-state index contributed by atoms with van der Waals surface area (Å²) in [6.07, 6.45) is 3.49. The van der Waals surface area contributed by atoms with Crippen molar-refractivity contribution in [1.29, 1.82) is 0 Å². The molecule has 0 aliphatic rings.